The van der Waals surface area contributed by atoms with Gasteiger partial charge in [-0.25, -0.2) is 0 Å². The lowest BCUT2D eigenvalue weighted by Gasteiger charge is -2.32. The SMILES string of the molecule is CC(C)C(NC(=O)c1ccccc1)C(=O)N1CC=C(c2ccccc2)CC1. The van der Waals surface area contributed by atoms with Gasteiger partial charge in [0.25, 0.3) is 5.91 Å². The average Bonchev–Trinajstić information content (AvgIpc) is 2.72. The maximum atomic E-state index is 13.0. The van der Waals surface area contributed by atoms with Crippen LogP contribution < -0.4 is 5.32 Å². The van der Waals surface area contributed by atoms with E-state index in [1.54, 1.807) is 12.1 Å². The number of nitrogens with zero attached hydrogens (tertiary/aromatic N) is 1. The van der Waals surface area contributed by atoms with E-state index in [9.17, 15) is 9.59 Å². The maximum Gasteiger partial charge on any atom is 0.251 e. The van der Waals surface area contributed by atoms with E-state index in [1.165, 1.54) is 11.1 Å². The summed E-state index contributed by atoms with van der Waals surface area (Å²) in [5.41, 5.74) is 3.05. The van der Waals surface area contributed by atoms with E-state index in [2.05, 4.69) is 23.5 Å². The van der Waals surface area contributed by atoms with Crippen LogP contribution in [-0.2, 0) is 4.79 Å². The molecule has 0 aromatic heterocycles. The van der Waals surface area contributed by atoms with E-state index >= 15 is 0 Å². The summed E-state index contributed by atoms with van der Waals surface area (Å²) in [4.78, 5) is 27.4. The molecule has 4 nitrogen and oxygen atoms in total. The first kappa shape index (κ1) is 18.9. The first-order chi connectivity index (χ1) is 13.1. The fourth-order valence-electron chi connectivity index (χ4n) is 3.31. The first-order valence-corrected chi connectivity index (χ1v) is 9.45. The van der Waals surface area contributed by atoms with Gasteiger partial charge in [0.2, 0.25) is 5.91 Å². The summed E-state index contributed by atoms with van der Waals surface area (Å²) >= 11 is 0. The summed E-state index contributed by atoms with van der Waals surface area (Å²) in [5.74, 6) is -0.206. The smallest absolute Gasteiger partial charge is 0.251 e. The topological polar surface area (TPSA) is 49.4 Å². The predicted octanol–water partition coefficient (Wildman–Crippen LogP) is 3.76. The van der Waals surface area contributed by atoms with Crippen molar-refractivity contribution in [3.05, 3.63) is 77.9 Å². The van der Waals surface area contributed by atoms with Crippen LogP contribution in [0, 0.1) is 5.92 Å². The van der Waals surface area contributed by atoms with Gasteiger partial charge in [-0.3, -0.25) is 9.59 Å². The Bertz CT molecular complexity index is 813. The van der Waals surface area contributed by atoms with Gasteiger partial charge in [0.15, 0.2) is 0 Å². The van der Waals surface area contributed by atoms with Crippen LogP contribution in [0.3, 0.4) is 0 Å². The fraction of sp³-hybridized carbons (Fsp3) is 0.304. The Balaban J connectivity index is 1.67. The molecule has 0 aliphatic carbocycles. The quantitative estimate of drug-likeness (QED) is 0.880. The Morgan fingerprint density at radius 2 is 1.59 bits per heavy atom. The zero-order chi connectivity index (χ0) is 19.2. The zero-order valence-corrected chi connectivity index (χ0v) is 15.9. The van der Waals surface area contributed by atoms with Gasteiger partial charge in [-0.1, -0.05) is 68.5 Å². The predicted molar refractivity (Wildman–Crippen MR) is 108 cm³/mol. The van der Waals surface area contributed by atoms with E-state index in [0.717, 1.165) is 6.42 Å². The molecule has 1 aliphatic heterocycles. The number of rotatable bonds is 5. The Morgan fingerprint density at radius 1 is 0.963 bits per heavy atom. The van der Waals surface area contributed by atoms with E-state index in [4.69, 9.17) is 0 Å². The van der Waals surface area contributed by atoms with Crippen LogP contribution in [0.5, 0.6) is 0 Å². The van der Waals surface area contributed by atoms with Crippen molar-refractivity contribution in [2.75, 3.05) is 13.1 Å². The molecule has 0 saturated heterocycles. The van der Waals surface area contributed by atoms with Crippen molar-refractivity contribution < 1.29 is 9.59 Å². The molecule has 140 valence electrons. The summed E-state index contributed by atoms with van der Waals surface area (Å²) in [6.45, 7) is 5.17. The van der Waals surface area contributed by atoms with Crippen LogP contribution in [-0.4, -0.2) is 35.8 Å². The molecule has 0 bridgehead atoms. The van der Waals surface area contributed by atoms with Gasteiger partial charge in [0.05, 0.1) is 0 Å². The first-order valence-electron chi connectivity index (χ1n) is 9.45. The summed E-state index contributed by atoms with van der Waals surface area (Å²) in [6, 6.07) is 18.8. The minimum atomic E-state index is -0.524. The van der Waals surface area contributed by atoms with Crippen molar-refractivity contribution >= 4 is 17.4 Å². The Kier molecular flexibility index (Phi) is 6.07. The lowest BCUT2D eigenvalue weighted by atomic mass is 9.97. The molecular weight excluding hydrogens is 336 g/mol. The number of hydrogen-bond donors (Lipinski definition) is 1. The number of hydrogen-bond acceptors (Lipinski definition) is 2. The normalized spacial score (nSPS) is 15.2. The minimum absolute atomic E-state index is 0.0161. The molecule has 1 atom stereocenters. The van der Waals surface area contributed by atoms with Crippen LogP contribution >= 0.6 is 0 Å². The molecule has 1 aliphatic rings. The molecule has 2 amide bonds. The molecule has 2 aromatic rings. The van der Waals surface area contributed by atoms with Gasteiger partial charge in [0.1, 0.15) is 6.04 Å². The van der Waals surface area contributed by atoms with Crippen molar-refractivity contribution in [3.8, 4) is 0 Å². The van der Waals surface area contributed by atoms with E-state index in [0.29, 0.717) is 18.7 Å². The van der Waals surface area contributed by atoms with Crippen LogP contribution in [0.4, 0.5) is 0 Å². The summed E-state index contributed by atoms with van der Waals surface area (Å²) in [6.07, 6.45) is 2.94. The third-order valence-electron chi connectivity index (χ3n) is 4.92. The van der Waals surface area contributed by atoms with E-state index < -0.39 is 6.04 Å². The molecule has 3 rings (SSSR count). The van der Waals surface area contributed by atoms with Gasteiger partial charge in [-0.05, 0) is 35.6 Å². The van der Waals surface area contributed by atoms with Crippen LogP contribution in [0.1, 0.15) is 36.2 Å². The molecule has 0 fully saturated rings. The molecule has 2 aromatic carbocycles. The van der Waals surface area contributed by atoms with Gasteiger partial charge >= 0.3 is 0 Å². The number of nitrogens with one attached hydrogen (secondary N) is 1. The standard InChI is InChI=1S/C23H26N2O2/c1-17(2)21(24-22(26)20-11-7-4-8-12-20)23(27)25-15-13-19(14-16-25)18-9-5-3-6-10-18/h3-13,17,21H,14-16H2,1-2H3,(H,24,26). The largest absolute Gasteiger partial charge is 0.340 e. The van der Waals surface area contributed by atoms with Gasteiger partial charge in [-0.15, -0.1) is 0 Å². The highest BCUT2D eigenvalue weighted by Crippen LogP contribution is 2.23. The van der Waals surface area contributed by atoms with E-state index in [1.807, 2.05) is 55.1 Å². The van der Waals surface area contributed by atoms with Gasteiger partial charge < -0.3 is 10.2 Å². The highest BCUT2D eigenvalue weighted by atomic mass is 16.2. The average molecular weight is 362 g/mol. The summed E-state index contributed by atoms with van der Waals surface area (Å²) < 4.78 is 0. The van der Waals surface area contributed by atoms with Gasteiger partial charge in [-0.2, -0.15) is 0 Å². The molecule has 4 heteroatoms. The molecule has 1 N–H and O–H groups in total. The monoisotopic (exact) mass is 362 g/mol. The third kappa shape index (κ3) is 4.64. The molecule has 0 spiro atoms. The molecular formula is C23H26N2O2. The van der Waals surface area contributed by atoms with Crippen LogP contribution in [0.15, 0.2) is 66.7 Å². The second-order valence-electron chi connectivity index (χ2n) is 7.19. The highest BCUT2D eigenvalue weighted by molar-refractivity contribution is 5.97. The molecule has 1 unspecified atom stereocenters. The number of benzene rings is 2. The summed E-state index contributed by atoms with van der Waals surface area (Å²) in [5, 5.41) is 2.92. The highest BCUT2D eigenvalue weighted by Gasteiger charge is 2.29. The number of carbonyl (C=O) groups is 2. The van der Waals surface area contributed by atoms with E-state index in [-0.39, 0.29) is 17.7 Å². The Morgan fingerprint density at radius 3 is 2.15 bits per heavy atom. The maximum absolute atomic E-state index is 13.0. The molecule has 27 heavy (non-hydrogen) atoms. The molecule has 0 saturated carbocycles. The molecule has 0 radical (unpaired) electrons. The van der Waals surface area contributed by atoms with Crippen molar-refractivity contribution in [2.24, 2.45) is 5.92 Å². The second kappa shape index (κ2) is 8.67. The van der Waals surface area contributed by atoms with Crippen LogP contribution in [0.2, 0.25) is 0 Å². The van der Waals surface area contributed by atoms with Gasteiger partial charge in [0, 0.05) is 18.7 Å². The lowest BCUT2D eigenvalue weighted by molar-refractivity contribution is -0.133. The number of carbonyl (C=O) groups excluding carboxylic acids is 2. The Hall–Kier alpha value is -2.88. The number of amides is 2. The van der Waals surface area contributed by atoms with Crippen molar-refractivity contribution in [3.63, 3.8) is 0 Å². The fourth-order valence-corrected chi connectivity index (χ4v) is 3.31. The molecule has 1 heterocycles. The lowest BCUT2D eigenvalue weighted by Crippen LogP contribution is -2.52. The minimum Gasteiger partial charge on any atom is -0.340 e. The van der Waals surface area contributed by atoms with Crippen molar-refractivity contribution in [1.29, 1.82) is 0 Å². The van der Waals surface area contributed by atoms with Crippen molar-refractivity contribution in [2.45, 2.75) is 26.3 Å². The second-order valence-corrected chi connectivity index (χ2v) is 7.19. The zero-order valence-electron chi connectivity index (χ0n) is 15.9. The van der Waals surface area contributed by atoms with Crippen LogP contribution in [0.25, 0.3) is 5.57 Å². The summed E-state index contributed by atoms with van der Waals surface area (Å²) in [7, 11) is 0. The van der Waals surface area contributed by atoms with Crippen molar-refractivity contribution in [1.82, 2.24) is 10.2 Å². The third-order valence-corrected chi connectivity index (χ3v) is 4.92. The Labute approximate surface area is 160 Å².